The van der Waals surface area contributed by atoms with E-state index < -0.39 is 27.4 Å². The predicted octanol–water partition coefficient (Wildman–Crippen LogP) is 5.56. The number of thioether (sulfide) groups is 1. The zero-order chi connectivity index (χ0) is 26.7. The molecule has 0 saturated carbocycles. The topological polar surface area (TPSA) is 128 Å². The van der Waals surface area contributed by atoms with Gasteiger partial charge in [0.15, 0.2) is 0 Å². The Bertz CT molecular complexity index is 1440. The smallest absolute Gasteiger partial charge is 0.412 e. The van der Waals surface area contributed by atoms with Crippen LogP contribution in [0.2, 0.25) is 0 Å². The predicted molar refractivity (Wildman–Crippen MR) is 144 cm³/mol. The number of nitrogens with zero attached hydrogens (tertiary/aromatic N) is 1. The van der Waals surface area contributed by atoms with Gasteiger partial charge < -0.3 is 10.5 Å². The van der Waals surface area contributed by atoms with Crippen molar-refractivity contribution in [2.45, 2.75) is 47.3 Å². The number of benzene rings is 2. The van der Waals surface area contributed by atoms with Gasteiger partial charge in [0.05, 0.1) is 25.9 Å². The highest BCUT2D eigenvalue weighted by molar-refractivity contribution is 8.01. The number of primary amides is 1. The molecule has 0 aliphatic heterocycles. The second-order valence-electron chi connectivity index (χ2n) is 8.74. The lowest BCUT2D eigenvalue weighted by molar-refractivity contribution is 0.0565. The van der Waals surface area contributed by atoms with E-state index in [0.717, 1.165) is 28.8 Å². The number of aryl methyl sites for hydroxylation is 1. The summed E-state index contributed by atoms with van der Waals surface area (Å²) in [6, 6.07) is 13.6. The van der Waals surface area contributed by atoms with Crippen molar-refractivity contribution in [1.29, 1.82) is 0 Å². The van der Waals surface area contributed by atoms with Gasteiger partial charge in [0.25, 0.3) is 0 Å². The molecule has 0 atom stereocenters. The molecule has 0 aliphatic carbocycles. The number of hydrogen-bond acceptors (Lipinski definition) is 8. The lowest BCUT2D eigenvalue weighted by Crippen LogP contribution is -2.31. The normalized spacial score (nSPS) is 12.0. The summed E-state index contributed by atoms with van der Waals surface area (Å²) in [6.45, 7) is 7.13. The van der Waals surface area contributed by atoms with Crippen molar-refractivity contribution in [3.8, 4) is 11.1 Å². The number of carbonyl (C=O) groups is 2. The quantitative estimate of drug-likeness (QED) is 0.227. The maximum Gasteiger partial charge on any atom is 0.412 e. The first kappa shape index (κ1) is 27.4. The largest absolute Gasteiger partial charge is 0.444 e. The van der Waals surface area contributed by atoms with Crippen LogP contribution in [0.4, 0.5) is 9.80 Å². The fourth-order valence-electron chi connectivity index (χ4n) is 3.33. The first-order valence-electron chi connectivity index (χ1n) is 10.8. The van der Waals surface area contributed by atoms with E-state index in [2.05, 4.69) is 10.3 Å². The Hall–Kier alpha value is -3.15. The Morgan fingerprint density at radius 3 is 2.42 bits per heavy atom. The minimum Gasteiger partial charge on any atom is -0.444 e. The van der Waals surface area contributed by atoms with Gasteiger partial charge in [0.2, 0.25) is 15.7 Å². The number of ether oxygens (including phenoxy) is 1. The molecule has 190 valence electrons. The lowest BCUT2D eigenvalue weighted by Gasteiger charge is -2.18. The summed E-state index contributed by atoms with van der Waals surface area (Å²) in [5.41, 5.74) is 7.23. The van der Waals surface area contributed by atoms with E-state index in [1.54, 1.807) is 33.1 Å². The Balaban J connectivity index is 2.03. The highest BCUT2D eigenvalue weighted by Crippen LogP contribution is 2.42. The first-order valence-corrected chi connectivity index (χ1v) is 14.3. The van der Waals surface area contributed by atoms with Crippen LogP contribution < -0.4 is 11.1 Å². The molecule has 8 nitrogen and oxygen atoms in total. The Labute approximate surface area is 218 Å². The number of nitrogens with one attached hydrogen (secondary N) is 1. The van der Waals surface area contributed by atoms with Gasteiger partial charge in [0, 0.05) is 0 Å². The SMILES string of the molecule is CSc1sc(N=CNC(=O)OC(C)(C)C)cc1S(=O)(=O)c1cc(-c2ccccc2C)ccc1C(N)=O. The summed E-state index contributed by atoms with van der Waals surface area (Å²) < 4.78 is 33.2. The molecular weight excluding hydrogens is 518 g/mol. The summed E-state index contributed by atoms with van der Waals surface area (Å²) in [5.74, 6) is -0.842. The van der Waals surface area contributed by atoms with Gasteiger partial charge in [-0.15, -0.1) is 23.1 Å². The highest BCUT2D eigenvalue weighted by Gasteiger charge is 2.29. The van der Waals surface area contributed by atoms with Gasteiger partial charge in [-0.2, -0.15) is 0 Å². The zero-order valence-electron chi connectivity index (χ0n) is 20.5. The number of hydrogen-bond donors (Lipinski definition) is 2. The minimum atomic E-state index is -4.14. The van der Waals surface area contributed by atoms with Crippen LogP contribution in [0.1, 0.15) is 36.7 Å². The fraction of sp³-hybridized carbons (Fsp3) is 0.240. The van der Waals surface area contributed by atoms with Crippen LogP contribution in [0.25, 0.3) is 11.1 Å². The van der Waals surface area contributed by atoms with Crippen molar-refractivity contribution >= 4 is 56.3 Å². The molecule has 36 heavy (non-hydrogen) atoms. The van der Waals surface area contributed by atoms with Crippen LogP contribution in [0.3, 0.4) is 0 Å². The third-order valence-electron chi connectivity index (χ3n) is 4.89. The Morgan fingerprint density at radius 2 is 1.81 bits per heavy atom. The molecule has 0 unspecified atom stereocenters. The summed E-state index contributed by atoms with van der Waals surface area (Å²) >= 11 is 2.38. The van der Waals surface area contributed by atoms with Crippen molar-refractivity contribution in [2.24, 2.45) is 10.7 Å². The van der Waals surface area contributed by atoms with Gasteiger partial charge in [-0.3, -0.25) is 10.1 Å². The van der Waals surface area contributed by atoms with Crippen LogP contribution >= 0.6 is 23.1 Å². The third kappa shape index (κ3) is 6.34. The molecule has 1 aromatic heterocycles. The van der Waals surface area contributed by atoms with Gasteiger partial charge in [0.1, 0.15) is 10.6 Å². The number of amides is 2. The Kier molecular flexibility index (Phi) is 8.27. The second-order valence-corrected chi connectivity index (χ2v) is 12.7. The van der Waals surface area contributed by atoms with Gasteiger partial charge in [-0.05, 0) is 68.8 Å². The number of carbonyl (C=O) groups excluding carboxylic acids is 2. The van der Waals surface area contributed by atoms with Crippen molar-refractivity contribution in [3.05, 3.63) is 59.7 Å². The number of thiophene rings is 1. The summed E-state index contributed by atoms with van der Waals surface area (Å²) in [6.07, 6.45) is 2.21. The maximum atomic E-state index is 13.8. The monoisotopic (exact) mass is 545 g/mol. The second kappa shape index (κ2) is 10.9. The molecule has 3 aromatic rings. The lowest BCUT2D eigenvalue weighted by atomic mass is 9.99. The first-order chi connectivity index (χ1) is 16.8. The molecule has 11 heteroatoms. The molecule has 0 bridgehead atoms. The van der Waals surface area contributed by atoms with Crippen molar-refractivity contribution < 1.29 is 22.7 Å². The van der Waals surface area contributed by atoms with Crippen molar-refractivity contribution in [3.63, 3.8) is 0 Å². The van der Waals surface area contributed by atoms with E-state index in [1.165, 1.54) is 30.0 Å². The van der Waals surface area contributed by atoms with Crippen molar-refractivity contribution in [2.75, 3.05) is 6.26 Å². The minimum absolute atomic E-state index is 0.00820. The molecule has 0 spiro atoms. The van der Waals surface area contributed by atoms with Crippen LogP contribution in [0, 0.1) is 6.92 Å². The van der Waals surface area contributed by atoms with Gasteiger partial charge in [-0.25, -0.2) is 18.2 Å². The highest BCUT2D eigenvalue weighted by atomic mass is 32.2. The molecule has 1 heterocycles. The van der Waals surface area contributed by atoms with Crippen LogP contribution in [0.15, 0.2) is 67.5 Å². The third-order valence-corrected chi connectivity index (χ3v) is 9.15. The summed E-state index contributed by atoms with van der Waals surface area (Å²) in [5, 5.41) is 2.75. The number of rotatable bonds is 7. The number of sulfone groups is 1. The van der Waals surface area contributed by atoms with Crippen LogP contribution in [-0.4, -0.2) is 38.6 Å². The number of nitrogens with two attached hydrogens (primary N) is 1. The van der Waals surface area contributed by atoms with Gasteiger partial charge >= 0.3 is 6.09 Å². The standard InChI is InChI=1S/C25H27N3O5S3/c1-15-8-6-7-9-17(15)16-10-11-18(22(26)29)19(12-16)36(31,32)20-13-21(35-23(20)34-5)27-14-28-24(30)33-25(2,3)4/h6-14H,1-5H3,(H2,26,29)(H,27,28,30). The maximum absolute atomic E-state index is 13.8. The van der Waals surface area contributed by atoms with E-state index in [0.29, 0.717) is 14.8 Å². The van der Waals surface area contributed by atoms with E-state index in [4.69, 9.17) is 10.5 Å². The van der Waals surface area contributed by atoms with Gasteiger partial charge in [-0.1, -0.05) is 30.3 Å². The molecule has 0 radical (unpaired) electrons. The molecule has 3 rings (SSSR count). The van der Waals surface area contributed by atoms with Crippen LogP contribution in [-0.2, 0) is 14.6 Å². The van der Waals surface area contributed by atoms with E-state index in [9.17, 15) is 18.0 Å². The van der Waals surface area contributed by atoms with E-state index in [1.807, 2.05) is 31.2 Å². The molecule has 0 saturated heterocycles. The average molecular weight is 546 g/mol. The van der Waals surface area contributed by atoms with Crippen molar-refractivity contribution in [1.82, 2.24) is 5.32 Å². The summed E-state index contributed by atoms with van der Waals surface area (Å²) in [7, 11) is -4.14. The Morgan fingerprint density at radius 1 is 1.11 bits per heavy atom. The molecule has 0 fully saturated rings. The number of aliphatic imine (C=N–C) groups is 1. The summed E-state index contributed by atoms with van der Waals surface area (Å²) in [4.78, 5) is 28.0. The molecule has 3 N–H and O–H groups in total. The van der Waals surface area contributed by atoms with E-state index >= 15 is 0 Å². The average Bonchev–Trinajstić information content (AvgIpc) is 3.22. The molecule has 0 aliphatic rings. The molecule has 2 aromatic carbocycles. The number of alkyl carbamates (subject to hydrolysis) is 1. The fourth-order valence-corrected chi connectivity index (χ4v) is 7.38. The van der Waals surface area contributed by atoms with E-state index in [-0.39, 0.29) is 15.4 Å². The zero-order valence-corrected chi connectivity index (χ0v) is 22.9. The molecular formula is C25H27N3O5S3. The molecule has 2 amide bonds. The van der Waals surface area contributed by atoms with Crippen LogP contribution in [0.5, 0.6) is 0 Å².